The zero-order chi connectivity index (χ0) is 11.8. The van der Waals surface area contributed by atoms with E-state index in [1.165, 1.54) is 0 Å². The van der Waals surface area contributed by atoms with Crippen molar-refractivity contribution < 1.29 is 9.53 Å². The number of amides is 2. The summed E-state index contributed by atoms with van der Waals surface area (Å²) in [6.45, 7) is 4.70. The predicted molar refractivity (Wildman–Crippen MR) is 63.0 cm³/mol. The van der Waals surface area contributed by atoms with Gasteiger partial charge in [0.1, 0.15) is 5.75 Å². The van der Waals surface area contributed by atoms with Gasteiger partial charge in [0.05, 0.1) is 19.2 Å². The van der Waals surface area contributed by atoms with E-state index in [2.05, 4.69) is 5.32 Å². The van der Waals surface area contributed by atoms with Crippen LogP contribution in [0, 0.1) is 0 Å². The van der Waals surface area contributed by atoms with Crippen LogP contribution in [0.25, 0.3) is 0 Å². The zero-order valence-corrected chi connectivity index (χ0v) is 9.78. The summed E-state index contributed by atoms with van der Waals surface area (Å²) >= 11 is 0. The van der Waals surface area contributed by atoms with Gasteiger partial charge in [-0.05, 0) is 38.1 Å². The van der Waals surface area contributed by atoms with E-state index in [1.54, 1.807) is 12.0 Å². The van der Waals surface area contributed by atoms with Crippen LogP contribution in [-0.4, -0.2) is 25.2 Å². The highest BCUT2D eigenvalue weighted by molar-refractivity contribution is 5.95. The third kappa shape index (κ3) is 1.96. The number of nitrogens with one attached hydrogen (secondary N) is 1. The standard InChI is InChI=1S/C12H16N2O2/c1-12(2)8-14(11(15)13-12)9-4-6-10(16-3)7-5-9/h4-7H,8H2,1-3H3,(H,13,15). The van der Waals surface area contributed by atoms with Crippen molar-refractivity contribution >= 4 is 11.7 Å². The Morgan fingerprint density at radius 1 is 1.31 bits per heavy atom. The first-order valence-electron chi connectivity index (χ1n) is 5.25. The van der Waals surface area contributed by atoms with E-state index in [0.29, 0.717) is 6.54 Å². The molecule has 0 radical (unpaired) electrons. The van der Waals surface area contributed by atoms with Crippen molar-refractivity contribution in [3.8, 4) is 5.75 Å². The number of methoxy groups -OCH3 is 1. The summed E-state index contributed by atoms with van der Waals surface area (Å²) in [6.07, 6.45) is 0. The van der Waals surface area contributed by atoms with E-state index >= 15 is 0 Å². The van der Waals surface area contributed by atoms with Gasteiger partial charge in [-0.3, -0.25) is 4.90 Å². The number of anilines is 1. The molecule has 4 nitrogen and oxygen atoms in total. The molecule has 4 heteroatoms. The molecule has 1 saturated heterocycles. The maximum absolute atomic E-state index is 11.7. The monoisotopic (exact) mass is 220 g/mol. The molecule has 86 valence electrons. The number of urea groups is 1. The van der Waals surface area contributed by atoms with Crippen LogP contribution in [0.2, 0.25) is 0 Å². The molecule has 1 aromatic carbocycles. The van der Waals surface area contributed by atoms with Crippen LogP contribution in [0.3, 0.4) is 0 Å². The molecule has 0 unspecified atom stereocenters. The number of hydrogen-bond acceptors (Lipinski definition) is 2. The second-order valence-corrected chi connectivity index (χ2v) is 4.60. The summed E-state index contributed by atoms with van der Waals surface area (Å²) in [4.78, 5) is 13.5. The van der Waals surface area contributed by atoms with Crippen LogP contribution in [-0.2, 0) is 0 Å². The summed E-state index contributed by atoms with van der Waals surface area (Å²) in [7, 11) is 1.63. The highest BCUT2D eigenvalue weighted by Crippen LogP contribution is 2.24. The Morgan fingerprint density at radius 2 is 1.94 bits per heavy atom. The van der Waals surface area contributed by atoms with Gasteiger partial charge in [0.15, 0.2) is 0 Å². The van der Waals surface area contributed by atoms with Crippen LogP contribution in [0.1, 0.15) is 13.8 Å². The second-order valence-electron chi connectivity index (χ2n) is 4.60. The molecular weight excluding hydrogens is 204 g/mol. The number of carbonyl (C=O) groups excluding carboxylic acids is 1. The number of hydrogen-bond donors (Lipinski definition) is 1. The molecule has 0 saturated carbocycles. The van der Waals surface area contributed by atoms with Crippen molar-refractivity contribution in [2.45, 2.75) is 19.4 Å². The lowest BCUT2D eigenvalue weighted by molar-refractivity contribution is 0.249. The molecular formula is C12H16N2O2. The molecule has 1 aliphatic rings. The number of ether oxygens (including phenoxy) is 1. The molecule has 2 amide bonds. The first kappa shape index (κ1) is 10.8. The molecule has 2 rings (SSSR count). The van der Waals surface area contributed by atoms with Crippen LogP contribution in [0.4, 0.5) is 10.5 Å². The van der Waals surface area contributed by atoms with Gasteiger partial charge in [-0.1, -0.05) is 0 Å². The Labute approximate surface area is 95.2 Å². The lowest BCUT2D eigenvalue weighted by atomic mass is 10.1. The minimum Gasteiger partial charge on any atom is -0.497 e. The fourth-order valence-electron chi connectivity index (χ4n) is 1.83. The Hall–Kier alpha value is -1.71. The predicted octanol–water partition coefficient (Wildman–Crippen LogP) is 2.00. The fraction of sp³-hybridized carbons (Fsp3) is 0.417. The number of rotatable bonds is 2. The van der Waals surface area contributed by atoms with E-state index in [-0.39, 0.29) is 11.6 Å². The lowest BCUT2D eigenvalue weighted by Gasteiger charge is -2.18. The molecule has 0 spiro atoms. The molecule has 0 atom stereocenters. The van der Waals surface area contributed by atoms with Crippen molar-refractivity contribution in [3.63, 3.8) is 0 Å². The Kier molecular flexibility index (Phi) is 2.50. The van der Waals surface area contributed by atoms with Crippen molar-refractivity contribution in [2.24, 2.45) is 0 Å². The summed E-state index contributed by atoms with van der Waals surface area (Å²) < 4.78 is 5.08. The first-order chi connectivity index (χ1) is 7.52. The Bertz CT molecular complexity index is 398. The average molecular weight is 220 g/mol. The zero-order valence-electron chi connectivity index (χ0n) is 9.78. The molecule has 1 heterocycles. The lowest BCUT2D eigenvalue weighted by Crippen LogP contribution is -2.36. The van der Waals surface area contributed by atoms with Gasteiger partial charge in [-0.2, -0.15) is 0 Å². The van der Waals surface area contributed by atoms with E-state index in [4.69, 9.17) is 4.74 Å². The molecule has 1 aliphatic heterocycles. The van der Waals surface area contributed by atoms with Gasteiger partial charge < -0.3 is 10.1 Å². The SMILES string of the molecule is COc1ccc(N2CC(C)(C)NC2=O)cc1. The molecule has 1 fully saturated rings. The largest absolute Gasteiger partial charge is 0.497 e. The van der Waals surface area contributed by atoms with Gasteiger partial charge in [-0.25, -0.2) is 4.79 Å². The maximum Gasteiger partial charge on any atom is 0.322 e. The third-order valence-corrected chi connectivity index (χ3v) is 2.63. The summed E-state index contributed by atoms with van der Waals surface area (Å²) in [6, 6.07) is 7.44. The van der Waals surface area contributed by atoms with Crippen molar-refractivity contribution in [2.75, 3.05) is 18.6 Å². The normalized spacial score (nSPS) is 18.4. The van der Waals surface area contributed by atoms with Crippen LogP contribution in [0.5, 0.6) is 5.75 Å². The van der Waals surface area contributed by atoms with Crippen LogP contribution >= 0.6 is 0 Å². The molecule has 1 N–H and O–H groups in total. The average Bonchev–Trinajstić information content (AvgIpc) is 2.52. The van der Waals surface area contributed by atoms with Crippen LogP contribution < -0.4 is 15.0 Å². The molecule has 16 heavy (non-hydrogen) atoms. The van der Waals surface area contributed by atoms with Crippen molar-refractivity contribution in [3.05, 3.63) is 24.3 Å². The topological polar surface area (TPSA) is 41.6 Å². The minimum atomic E-state index is -0.170. The van der Waals surface area contributed by atoms with Crippen molar-refractivity contribution in [1.82, 2.24) is 5.32 Å². The number of carbonyl (C=O) groups is 1. The van der Waals surface area contributed by atoms with Gasteiger partial charge >= 0.3 is 6.03 Å². The van der Waals surface area contributed by atoms with Crippen molar-refractivity contribution in [1.29, 1.82) is 0 Å². The summed E-state index contributed by atoms with van der Waals surface area (Å²) in [5.74, 6) is 0.794. The third-order valence-electron chi connectivity index (χ3n) is 2.63. The van der Waals surface area contributed by atoms with Gasteiger partial charge in [0.2, 0.25) is 0 Å². The quantitative estimate of drug-likeness (QED) is 0.828. The van der Waals surface area contributed by atoms with E-state index in [1.807, 2.05) is 38.1 Å². The second kappa shape index (κ2) is 3.70. The highest BCUT2D eigenvalue weighted by atomic mass is 16.5. The van der Waals surface area contributed by atoms with Gasteiger partial charge in [0.25, 0.3) is 0 Å². The maximum atomic E-state index is 11.7. The molecule has 0 bridgehead atoms. The van der Waals surface area contributed by atoms with Crippen LogP contribution in [0.15, 0.2) is 24.3 Å². The number of nitrogens with zero attached hydrogens (tertiary/aromatic N) is 1. The molecule has 0 aromatic heterocycles. The number of benzene rings is 1. The van der Waals surface area contributed by atoms with E-state index in [0.717, 1.165) is 11.4 Å². The highest BCUT2D eigenvalue weighted by Gasteiger charge is 2.35. The smallest absolute Gasteiger partial charge is 0.322 e. The summed E-state index contributed by atoms with van der Waals surface area (Å²) in [5, 5.41) is 2.93. The minimum absolute atomic E-state index is 0.0461. The first-order valence-corrected chi connectivity index (χ1v) is 5.25. The Morgan fingerprint density at radius 3 is 2.38 bits per heavy atom. The fourth-order valence-corrected chi connectivity index (χ4v) is 1.83. The van der Waals surface area contributed by atoms with Gasteiger partial charge in [0, 0.05) is 5.69 Å². The van der Waals surface area contributed by atoms with E-state index < -0.39 is 0 Å². The molecule has 0 aliphatic carbocycles. The molecule has 1 aromatic rings. The van der Waals surface area contributed by atoms with E-state index in [9.17, 15) is 4.79 Å². The summed E-state index contributed by atoms with van der Waals surface area (Å²) in [5.41, 5.74) is 0.723. The Balaban J connectivity index is 2.21. The van der Waals surface area contributed by atoms with Gasteiger partial charge in [-0.15, -0.1) is 0 Å².